The maximum atomic E-state index is 12.7. The van der Waals surface area contributed by atoms with Crippen molar-refractivity contribution in [3.63, 3.8) is 0 Å². The fraction of sp³-hybridized carbons (Fsp3) is 0.474. The number of nitrogens with zero attached hydrogens (tertiary/aromatic N) is 4. The lowest BCUT2D eigenvalue weighted by atomic mass is 10.1. The molecule has 1 fully saturated rings. The van der Waals surface area contributed by atoms with E-state index in [2.05, 4.69) is 20.4 Å². The van der Waals surface area contributed by atoms with Crippen molar-refractivity contribution in [2.45, 2.75) is 38.9 Å². The molecule has 2 aromatic rings. The average molecular weight is 371 g/mol. The fourth-order valence-corrected chi connectivity index (χ4v) is 3.25. The summed E-state index contributed by atoms with van der Waals surface area (Å²) in [6.45, 7) is 5.74. The van der Waals surface area contributed by atoms with Crippen LogP contribution in [0, 0.1) is 0 Å². The number of carbonyl (C=O) groups is 2. The Kier molecular flexibility index (Phi) is 5.85. The zero-order valence-electron chi connectivity index (χ0n) is 15.9. The van der Waals surface area contributed by atoms with Crippen LogP contribution in [-0.4, -0.2) is 64.0 Å². The minimum Gasteiger partial charge on any atom is -0.359 e. The Morgan fingerprint density at radius 2 is 2.15 bits per heavy atom. The lowest BCUT2D eigenvalue weighted by Gasteiger charge is -2.38. The summed E-state index contributed by atoms with van der Waals surface area (Å²) in [5.41, 5.74) is 1.60. The van der Waals surface area contributed by atoms with Crippen LogP contribution >= 0.6 is 0 Å². The Balaban J connectivity index is 1.62. The second kappa shape index (κ2) is 8.30. The zero-order chi connectivity index (χ0) is 19.4. The number of nitrogens with one attached hydrogen (secondary N) is 1. The number of hydrogen-bond acceptors (Lipinski definition) is 6. The minimum absolute atomic E-state index is 0.0867. The van der Waals surface area contributed by atoms with Gasteiger partial charge in [0.05, 0.1) is 19.0 Å². The highest BCUT2D eigenvalue weighted by atomic mass is 16.5. The zero-order valence-corrected chi connectivity index (χ0v) is 15.9. The van der Waals surface area contributed by atoms with Crippen LogP contribution < -0.4 is 5.32 Å². The Hall–Kier alpha value is -2.74. The third kappa shape index (κ3) is 4.51. The predicted octanol–water partition coefficient (Wildman–Crippen LogP) is 1.29. The number of hydrogen-bond donors (Lipinski definition) is 1. The Bertz CT molecular complexity index is 790. The van der Waals surface area contributed by atoms with E-state index in [9.17, 15) is 9.59 Å². The van der Waals surface area contributed by atoms with E-state index in [0.717, 1.165) is 12.1 Å². The third-order valence-electron chi connectivity index (χ3n) is 4.76. The molecule has 0 aromatic carbocycles. The Labute approximate surface area is 158 Å². The normalized spacial score (nSPS) is 17.8. The maximum Gasteiger partial charge on any atom is 0.237 e. The third-order valence-corrected chi connectivity index (χ3v) is 4.76. The van der Waals surface area contributed by atoms with Crippen LogP contribution in [0.3, 0.4) is 0 Å². The molecule has 2 aromatic heterocycles. The second-order valence-corrected chi connectivity index (χ2v) is 7.01. The molecular weight excluding hydrogens is 346 g/mol. The smallest absolute Gasteiger partial charge is 0.237 e. The molecule has 0 unspecified atom stereocenters. The molecule has 3 heterocycles. The van der Waals surface area contributed by atoms with E-state index < -0.39 is 6.04 Å². The summed E-state index contributed by atoms with van der Waals surface area (Å²) in [6, 6.07) is 5.27. The van der Waals surface area contributed by atoms with Gasteiger partial charge < -0.3 is 14.7 Å². The quantitative estimate of drug-likeness (QED) is 0.823. The SMILES string of the molecule is CC(C)N1CCNC(=O)[C@H]1CC(=O)N(C)Cc1cc(-c2ccncc2)no1. The van der Waals surface area contributed by atoms with Crippen LogP contribution in [-0.2, 0) is 16.1 Å². The van der Waals surface area contributed by atoms with Gasteiger partial charge >= 0.3 is 0 Å². The molecule has 8 heteroatoms. The molecule has 144 valence electrons. The van der Waals surface area contributed by atoms with Gasteiger partial charge in [-0.05, 0) is 26.0 Å². The van der Waals surface area contributed by atoms with E-state index in [0.29, 0.717) is 24.5 Å². The van der Waals surface area contributed by atoms with Crippen LogP contribution in [0.15, 0.2) is 35.1 Å². The van der Waals surface area contributed by atoms with E-state index in [1.54, 1.807) is 24.3 Å². The van der Waals surface area contributed by atoms with Crippen LogP contribution in [0.5, 0.6) is 0 Å². The van der Waals surface area contributed by atoms with Crippen molar-refractivity contribution in [1.29, 1.82) is 0 Å². The van der Waals surface area contributed by atoms with Crippen LogP contribution in [0.2, 0.25) is 0 Å². The maximum absolute atomic E-state index is 12.7. The molecule has 1 saturated heterocycles. The van der Waals surface area contributed by atoms with Crippen LogP contribution in [0.4, 0.5) is 0 Å². The van der Waals surface area contributed by atoms with Gasteiger partial charge in [0.25, 0.3) is 0 Å². The number of piperazine rings is 1. The number of carbonyl (C=O) groups excluding carboxylic acids is 2. The minimum atomic E-state index is -0.434. The topological polar surface area (TPSA) is 91.6 Å². The van der Waals surface area contributed by atoms with E-state index in [1.807, 2.05) is 32.0 Å². The van der Waals surface area contributed by atoms with Gasteiger partial charge in [0.2, 0.25) is 11.8 Å². The van der Waals surface area contributed by atoms with Crippen molar-refractivity contribution < 1.29 is 14.1 Å². The van der Waals surface area contributed by atoms with Gasteiger partial charge in [-0.15, -0.1) is 0 Å². The monoisotopic (exact) mass is 371 g/mol. The molecule has 27 heavy (non-hydrogen) atoms. The van der Waals surface area contributed by atoms with Gasteiger partial charge in [-0.3, -0.25) is 19.5 Å². The molecule has 1 aliphatic heterocycles. The van der Waals surface area contributed by atoms with Crippen molar-refractivity contribution in [1.82, 2.24) is 25.3 Å². The summed E-state index contributed by atoms with van der Waals surface area (Å²) in [5, 5.41) is 6.90. The standard InChI is InChI=1S/C19H25N5O3/c1-13(2)24-9-8-21-19(26)17(24)11-18(25)23(3)12-15-10-16(22-27-15)14-4-6-20-7-5-14/h4-7,10,13,17H,8-9,11-12H2,1-3H3,(H,21,26)/t17-/m1/s1. The molecule has 3 rings (SSSR count). The predicted molar refractivity (Wildman–Crippen MR) is 99.5 cm³/mol. The summed E-state index contributed by atoms with van der Waals surface area (Å²) in [7, 11) is 1.71. The second-order valence-electron chi connectivity index (χ2n) is 7.01. The van der Waals surface area contributed by atoms with E-state index in [4.69, 9.17) is 4.52 Å². The lowest BCUT2D eigenvalue weighted by molar-refractivity contribution is -0.139. The van der Waals surface area contributed by atoms with Crippen LogP contribution in [0.25, 0.3) is 11.3 Å². The molecule has 0 aliphatic carbocycles. The average Bonchev–Trinajstić information content (AvgIpc) is 3.12. The summed E-state index contributed by atoms with van der Waals surface area (Å²) in [5.74, 6) is 0.396. The molecule has 1 atom stereocenters. The molecule has 1 aliphatic rings. The highest BCUT2D eigenvalue weighted by Gasteiger charge is 2.33. The lowest BCUT2D eigenvalue weighted by Crippen LogP contribution is -2.58. The van der Waals surface area contributed by atoms with E-state index >= 15 is 0 Å². The molecule has 0 radical (unpaired) electrons. The van der Waals surface area contributed by atoms with Gasteiger partial charge in [0.15, 0.2) is 5.76 Å². The summed E-state index contributed by atoms with van der Waals surface area (Å²) in [6.07, 6.45) is 3.52. The Morgan fingerprint density at radius 3 is 2.85 bits per heavy atom. The highest BCUT2D eigenvalue weighted by Crippen LogP contribution is 2.19. The molecular formula is C19H25N5O3. The number of pyridine rings is 1. The highest BCUT2D eigenvalue weighted by molar-refractivity contribution is 5.88. The van der Waals surface area contributed by atoms with Crippen molar-refractivity contribution >= 4 is 11.8 Å². The number of amides is 2. The molecule has 1 N–H and O–H groups in total. The summed E-state index contributed by atoms with van der Waals surface area (Å²) < 4.78 is 5.36. The van der Waals surface area contributed by atoms with E-state index in [-0.39, 0.29) is 24.3 Å². The molecule has 8 nitrogen and oxygen atoms in total. The van der Waals surface area contributed by atoms with Crippen molar-refractivity contribution in [3.05, 3.63) is 36.4 Å². The van der Waals surface area contributed by atoms with E-state index in [1.165, 1.54) is 0 Å². The largest absolute Gasteiger partial charge is 0.359 e. The summed E-state index contributed by atoms with van der Waals surface area (Å²) in [4.78, 5) is 32.5. The van der Waals surface area contributed by atoms with Gasteiger partial charge in [-0.2, -0.15) is 0 Å². The van der Waals surface area contributed by atoms with Gasteiger partial charge in [-0.1, -0.05) is 5.16 Å². The van der Waals surface area contributed by atoms with Gasteiger partial charge in [0, 0.05) is 50.2 Å². The Morgan fingerprint density at radius 1 is 1.41 bits per heavy atom. The van der Waals surface area contributed by atoms with Crippen molar-refractivity contribution in [3.8, 4) is 11.3 Å². The van der Waals surface area contributed by atoms with Crippen molar-refractivity contribution in [2.24, 2.45) is 0 Å². The van der Waals surface area contributed by atoms with Crippen molar-refractivity contribution in [2.75, 3.05) is 20.1 Å². The molecule has 0 bridgehead atoms. The first kappa shape index (κ1) is 19.0. The first-order chi connectivity index (χ1) is 13.0. The van der Waals surface area contributed by atoms with Gasteiger partial charge in [-0.25, -0.2) is 0 Å². The number of rotatable bonds is 6. The van der Waals surface area contributed by atoms with Crippen LogP contribution in [0.1, 0.15) is 26.0 Å². The summed E-state index contributed by atoms with van der Waals surface area (Å²) >= 11 is 0. The first-order valence-electron chi connectivity index (χ1n) is 9.09. The van der Waals surface area contributed by atoms with Gasteiger partial charge in [0.1, 0.15) is 5.69 Å². The fourth-order valence-electron chi connectivity index (χ4n) is 3.25. The number of aromatic nitrogens is 2. The molecule has 0 spiro atoms. The molecule has 0 saturated carbocycles. The first-order valence-corrected chi connectivity index (χ1v) is 9.09. The molecule has 2 amide bonds.